The van der Waals surface area contributed by atoms with Crippen LogP contribution in [0.4, 0.5) is 0 Å². The first-order chi connectivity index (χ1) is 8.21. The molecule has 1 aromatic carbocycles. The van der Waals surface area contributed by atoms with E-state index in [2.05, 4.69) is 18.5 Å². The number of likely N-dealkylation sites (N-methyl/N-ethyl adjacent to an activating group) is 1. The molecule has 0 radical (unpaired) electrons. The van der Waals surface area contributed by atoms with E-state index in [1.807, 2.05) is 30.0 Å². The summed E-state index contributed by atoms with van der Waals surface area (Å²) in [5.74, 6) is 2.00. The van der Waals surface area contributed by atoms with Gasteiger partial charge in [-0.15, -0.1) is 0 Å². The van der Waals surface area contributed by atoms with Gasteiger partial charge in [0.05, 0.1) is 7.11 Å². The van der Waals surface area contributed by atoms with E-state index in [1.165, 1.54) is 5.56 Å². The van der Waals surface area contributed by atoms with Gasteiger partial charge in [0.25, 0.3) is 0 Å². The average Bonchev–Trinajstić information content (AvgIpc) is 2.30. The Morgan fingerprint density at radius 1 is 1.47 bits per heavy atom. The van der Waals surface area contributed by atoms with Gasteiger partial charge in [0, 0.05) is 16.8 Å². The lowest BCUT2D eigenvalue weighted by Crippen LogP contribution is -2.33. The van der Waals surface area contributed by atoms with Crippen molar-refractivity contribution in [3.05, 3.63) is 28.8 Å². The maximum atomic E-state index is 6.03. The highest BCUT2D eigenvalue weighted by atomic mass is 35.5. The van der Waals surface area contributed by atoms with E-state index in [1.54, 1.807) is 7.11 Å². The van der Waals surface area contributed by atoms with Gasteiger partial charge in [0.2, 0.25) is 0 Å². The van der Waals surface area contributed by atoms with Crippen LogP contribution in [0.2, 0.25) is 5.02 Å². The first kappa shape index (κ1) is 14.7. The molecule has 0 bridgehead atoms. The number of rotatable bonds is 7. The van der Waals surface area contributed by atoms with Crippen molar-refractivity contribution in [2.75, 3.05) is 25.7 Å². The second kappa shape index (κ2) is 7.85. The number of hydrogen-bond donors (Lipinski definition) is 1. The van der Waals surface area contributed by atoms with Crippen LogP contribution in [0.25, 0.3) is 0 Å². The zero-order valence-electron chi connectivity index (χ0n) is 10.6. The fraction of sp³-hybridized carbons (Fsp3) is 0.538. The summed E-state index contributed by atoms with van der Waals surface area (Å²) in [7, 11) is 1.70. The van der Waals surface area contributed by atoms with Crippen LogP contribution in [0, 0.1) is 0 Å². The predicted octanol–water partition coefficient (Wildman–Crippen LogP) is 3.23. The Bertz CT molecular complexity index is 340. The smallest absolute Gasteiger partial charge is 0.122 e. The van der Waals surface area contributed by atoms with E-state index < -0.39 is 0 Å². The van der Waals surface area contributed by atoms with Gasteiger partial charge >= 0.3 is 0 Å². The first-order valence-corrected chi connectivity index (χ1v) is 7.53. The summed E-state index contributed by atoms with van der Waals surface area (Å²) in [6.45, 7) is 3.11. The van der Waals surface area contributed by atoms with Crippen molar-refractivity contribution in [1.82, 2.24) is 5.32 Å². The normalized spacial score (nSPS) is 12.5. The van der Waals surface area contributed by atoms with Gasteiger partial charge in [-0.2, -0.15) is 11.8 Å². The van der Waals surface area contributed by atoms with Gasteiger partial charge in [0.1, 0.15) is 5.75 Å². The molecule has 1 aromatic rings. The Kier molecular flexibility index (Phi) is 6.78. The summed E-state index contributed by atoms with van der Waals surface area (Å²) < 4.78 is 5.36. The molecule has 1 unspecified atom stereocenters. The molecular formula is C13H20ClNOS. The van der Waals surface area contributed by atoms with Gasteiger partial charge in [-0.1, -0.05) is 18.5 Å². The number of thioether (sulfide) groups is 1. The molecule has 0 aliphatic heterocycles. The molecule has 0 amide bonds. The average molecular weight is 274 g/mol. The molecule has 0 spiro atoms. The molecule has 0 saturated heterocycles. The molecular weight excluding hydrogens is 254 g/mol. The number of benzene rings is 1. The van der Waals surface area contributed by atoms with Crippen molar-refractivity contribution in [1.29, 1.82) is 0 Å². The molecule has 4 heteroatoms. The monoisotopic (exact) mass is 273 g/mol. The lowest BCUT2D eigenvalue weighted by atomic mass is 10.1. The maximum absolute atomic E-state index is 6.03. The van der Waals surface area contributed by atoms with Gasteiger partial charge in [0.15, 0.2) is 0 Å². The Labute approximate surface area is 113 Å². The first-order valence-electron chi connectivity index (χ1n) is 5.76. The maximum Gasteiger partial charge on any atom is 0.122 e. The Morgan fingerprint density at radius 2 is 2.24 bits per heavy atom. The lowest BCUT2D eigenvalue weighted by molar-refractivity contribution is 0.406. The standard InChI is InChI=1S/C13H20ClNOS/c1-4-15-12(9-17-3)8-10-7-11(14)5-6-13(10)16-2/h5-7,12,15H,4,8-9H2,1-3H3. The van der Waals surface area contributed by atoms with E-state index >= 15 is 0 Å². The quantitative estimate of drug-likeness (QED) is 0.824. The number of nitrogens with one attached hydrogen (secondary N) is 1. The van der Waals surface area contributed by atoms with Crippen LogP contribution in [0.5, 0.6) is 5.75 Å². The molecule has 0 heterocycles. The molecule has 96 valence electrons. The third kappa shape index (κ3) is 4.78. The zero-order valence-corrected chi connectivity index (χ0v) is 12.2. The highest BCUT2D eigenvalue weighted by Gasteiger charge is 2.11. The van der Waals surface area contributed by atoms with E-state index in [-0.39, 0.29) is 0 Å². The van der Waals surface area contributed by atoms with Crippen molar-refractivity contribution in [2.45, 2.75) is 19.4 Å². The van der Waals surface area contributed by atoms with Crippen molar-refractivity contribution >= 4 is 23.4 Å². The van der Waals surface area contributed by atoms with E-state index in [4.69, 9.17) is 16.3 Å². The van der Waals surface area contributed by atoms with Crippen LogP contribution in [0.3, 0.4) is 0 Å². The minimum atomic E-state index is 0.461. The van der Waals surface area contributed by atoms with E-state index in [9.17, 15) is 0 Å². The Balaban J connectivity index is 2.79. The highest BCUT2D eigenvalue weighted by molar-refractivity contribution is 7.98. The second-order valence-corrected chi connectivity index (χ2v) is 5.22. The third-order valence-corrected chi connectivity index (χ3v) is 3.54. The lowest BCUT2D eigenvalue weighted by Gasteiger charge is -2.18. The van der Waals surface area contributed by atoms with Crippen LogP contribution < -0.4 is 10.1 Å². The van der Waals surface area contributed by atoms with Crippen molar-refractivity contribution in [3.63, 3.8) is 0 Å². The third-order valence-electron chi connectivity index (χ3n) is 2.57. The molecule has 1 N–H and O–H groups in total. The summed E-state index contributed by atoms with van der Waals surface area (Å²) in [6.07, 6.45) is 3.07. The summed E-state index contributed by atoms with van der Waals surface area (Å²) in [6, 6.07) is 6.24. The number of hydrogen-bond acceptors (Lipinski definition) is 3. The Hall–Kier alpha value is -0.380. The fourth-order valence-electron chi connectivity index (χ4n) is 1.85. The summed E-state index contributed by atoms with van der Waals surface area (Å²) >= 11 is 7.88. The van der Waals surface area contributed by atoms with Crippen LogP contribution >= 0.6 is 23.4 Å². The number of ether oxygens (including phenoxy) is 1. The molecule has 2 nitrogen and oxygen atoms in total. The van der Waals surface area contributed by atoms with Crippen molar-refractivity contribution in [3.8, 4) is 5.75 Å². The summed E-state index contributed by atoms with van der Waals surface area (Å²) in [4.78, 5) is 0. The van der Waals surface area contributed by atoms with Gasteiger partial charge in [-0.05, 0) is 43.0 Å². The SMILES string of the molecule is CCNC(CSC)Cc1cc(Cl)ccc1OC. The largest absolute Gasteiger partial charge is 0.496 e. The van der Waals surface area contributed by atoms with Crippen LogP contribution in [-0.2, 0) is 6.42 Å². The van der Waals surface area contributed by atoms with E-state index in [0.717, 1.165) is 29.5 Å². The molecule has 17 heavy (non-hydrogen) atoms. The minimum absolute atomic E-state index is 0.461. The summed E-state index contributed by atoms with van der Waals surface area (Å²) in [5, 5.41) is 4.25. The van der Waals surface area contributed by atoms with Gasteiger partial charge in [-0.3, -0.25) is 0 Å². The van der Waals surface area contributed by atoms with Crippen LogP contribution in [0.15, 0.2) is 18.2 Å². The topological polar surface area (TPSA) is 21.3 Å². The van der Waals surface area contributed by atoms with Crippen molar-refractivity contribution in [2.24, 2.45) is 0 Å². The molecule has 0 aliphatic carbocycles. The molecule has 1 atom stereocenters. The molecule has 0 saturated carbocycles. The number of halogens is 1. The number of methoxy groups -OCH3 is 1. The van der Waals surface area contributed by atoms with Gasteiger partial charge in [-0.25, -0.2) is 0 Å². The second-order valence-electron chi connectivity index (χ2n) is 3.87. The van der Waals surface area contributed by atoms with Crippen molar-refractivity contribution < 1.29 is 4.74 Å². The predicted molar refractivity (Wildman–Crippen MR) is 77.6 cm³/mol. The molecule has 0 fully saturated rings. The zero-order chi connectivity index (χ0) is 12.7. The van der Waals surface area contributed by atoms with Crippen LogP contribution in [0.1, 0.15) is 12.5 Å². The van der Waals surface area contributed by atoms with E-state index in [0.29, 0.717) is 6.04 Å². The Morgan fingerprint density at radius 3 is 2.82 bits per heavy atom. The van der Waals surface area contributed by atoms with Gasteiger partial charge < -0.3 is 10.1 Å². The minimum Gasteiger partial charge on any atom is -0.496 e. The molecule has 0 aliphatic rings. The summed E-state index contributed by atoms with van der Waals surface area (Å²) in [5.41, 5.74) is 1.17. The highest BCUT2D eigenvalue weighted by Crippen LogP contribution is 2.24. The molecule has 1 rings (SSSR count). The molecule has 0 aromatic heterocycles. The fourth-order valence-corrected chi connectivity index (χ4v) is 2.68. The van der Waals surface area contributed by atoms with Crippen LogP contribution in [-0.4, -0.2) is 31.7 Å².